The van der Waals surface area contributed by atoms with Gasteiger partial charge in [0.1, 0.15) is 6.04 Å². The van der Waals surface area contributed by atoms with Gasteiger partial charge in [-0.15, -0.1) is 0 Å². The summed E-state index contributed by atoms with van der Waals surface area (Å²) in [5.74, 6) is -1.59. The fourth-order valence-electron chi connectivity index (χ4n) is 3.28. The summed E-state index contributed by atoms with van der Waals surface area (Å²) < 4.78 is 39.0. The maximum absolute atomic E-state index is 13.0. The Balaban J connectivity index is 2.45. The lowest BCUT2D eigenvalue weighted by atomic mass is 9.76. The minimum atomic E-state index is -4.49. The number of carboxylic acid groups (broad SMARTS) is 1. The van der Waals surface area contributed by atoms with Crippen molar-refractivity contribution in [1.82, 2.24) is 4.90 Å². The molecule has 0 spiro atoms. The molecular formula is C17H20F3NO3. The first-order valence-electron chi connectivity index (χ1n) is 7.77. The van der Waals surface area contributed by atoms with Gasteiger partial charge >= 0.3 is 12.1 Å². The monoisotopic (exact) mass is 343 g/mol. The Morgan fingerprint density at radius 3 is 2.33 bits per heavy atom. The first-order chi connectivity index (χ1) is 11.1. The average molecular weight is 343 g/mol. The number of halogens is 3. The van der Waals surface area contributed by atoms with E-state index in [2.05, 4.69) is 0 Å². The van der Waals surface area contributed by atoms with E-state index < -0.39 is 35.1 Å². The van der Waals surface area contributed by atoms with Crippen LogP contribution in [0.5, 0.6) is 0 Å². The molecule has 1 fully saturated rings. The molecule has 0 aromatic heterocycles. The number of benzene rings is 1. The molecule has 1 unspecified atom stereocenters. The zero-order chi connectivity index (χ0) is 18.1. The predicted molar refractivity (Wildman–Crippen MR) is 81.5 cm³/mol. The van der Waals surface area contributed by atoms with Crippen LogP contribution in [0.1, 0.15) is 43.7 Å². The van der Waals surface area contributed by atoms with Gasteiger partial charge in [-0.1, -0.05) is 31.0 Å². The van der Waals surface area contributed by atoms with E-state index in [0.717, 1.165) is 29.9 Å². The fraction of sp³-hybridized carbons (Fsp3) is 0.529. The maximum Gasteiger partial charge on any atom is 0.416 e. The topological polar surface area (TPSA) is 57.6 Å². The van der Waals surface area contributed by atoms with Gasteiger partial charge in [0.2, 0.25) is 5.91 Å². The molecule has 132 valence electrons. The number of alkyl halides is 3. The largest absolute Gasteiger partial charge is 0.480 e. The highest BCUT2D eigenvalue weighted by Gasteiger charge is 2.46. The minimum absolute atomic E-state index is 0.310. The number of rotatable bonds is 4. The number of carboxylic acids is 1. The van der Waals surface area contributed by atoms with Gasteiger partial charge in [-0.3, -0.25) is 4.79 Å². The van der Waals surface area contributed by atoms with E-state index in [9.17, 15) is 22.8 Å². The van der Waals surface area contributed by atoms with E-state index in [1.807, 2.05) is 0 Å². The maximum atomic E-state index is 13.0. The number of hydrogen-bond donors (Lipinski definition) is 1. The van der Waals surface area contributed by atoms with Crippen molar-refractivity contribution in [2.24, 2.45) is 0 Å². The first-order valence-corrected chi connectivity index (χ1v) is 7.77. The normalized spacial score (nSPS) is 18.2. The van der Waals surface area contributed by atoms with Crippen LogP contribution in [0.25, 0.3) is 0 Å². The molecule has 1 N–H and O–H groups in total. The van der Waals surface area contributed by atoms with E-state index in [0.29, 0.717) is 18.4 Å². The van der Waals surface area contributed by atoms with Crippen molar-refractivity contribution < 1.29 is 27.9 Å². The Morgan fingerprint density at radius 2 is 1.83 bits per heavy atom. The van der Waals surface area contributed by atoms with Crippen molar-refractivity contribution in [3.63, 3.8) is 0 Å². The fourth-order valence-corrected chi connectivity index (χ4v) is 3.28. The van der Waals surface area contributed by atoms with Gasteiger partial charge in [-0.2, -0.15) is 13.2 Å². The van der Waals surface area contributed by atoms with Crippen LogP contribution in [0.4, 0.5) is 13.2 Å². The highest BCUT2D eigenvalue weighted by Crippen LogP contribution is 2.44. The zero-order valence-electron chi connectivity index (χ0n) is 13.6. The molecule has 1 amide bonds. The van der Waals surface area contributed by atoms with Crippen LogP contribution in [-0.2, 0) is 21.2 Å². The summed E-state index contributed by atoms with van der Waals surface area (Å²) in [6, 6.07) is 3.77. The Bertz CT molecular complexity index is 636. The molecular weight excluding hydrogens is 323 g/mol. The third-order valence-electron chi connectivity index (χ3n) is 4.87. The molecule has 7 heteroatoms. The van der Waals surface area contributed by atoms with Crippen molar-refractivity contribution in [2.45, 2.75) is 50.2 Å². The molecule has 1 aliphatic rings. The van der Waals surface area contributed by atoms with Gasteiger partial charge in [0.25, 0.3) is 0 Å². The third-order valence-corrected chi connectivity index (χ3v) is 4.87. The van der Waals surface area contributed by atoms with E-state index in [1.165, 1.54) is 26.1 Å². The summed E-state index contributed by atoms with van der Waals surface area (Å²) in [6.07, 6.45) is -2.21. The molecule has 0 bridgehead atoms. The second-order valence-corrected chi connectivity index (χ2v) is 6.30. The number of aliphatic carboxylic acids is 1. The van der Waals surface area contributed by atoms with Crippen LogP contribution in [0, 0.1) is 0 Å². The molecule has 1 atom stereocenters. The second kappa shape index (κ2) is 6.45. The predicted octanol–water partition coefficient (Wildman–Crippen LogP) is 3.45. The van der Waals surface area contributed by atoms with Crippen LogP contribution in [0.3, 0.4) is 0 Å². The molecule has 1 saturated carbocycles. The van der Waals surface area contributed by atoms with Crippen LogP contribution in [0.15, 0.2) is 24.3 Å². The highest BCUT2D eigenvalue weighted by molar-refractivity contribution is 5.91. The molecule has 1 aliphatic carbocycles. The lowest BCUT2D eigenvalue weighted by Gasteiger charge is -2.35. The Hall–Kier alpha value is -2.05. The highest BCUT2D eigenvalue weighted by atomic mass is 19.4. The van der Waals surface area contributed by atoms with Gasteiger partial charge < -0.3 is 10.0 Å². The molecule has 0 heterocycles. The number of hydrogen-bond acceptors (Lipinski definition) is 2. The van der Waals surface area contributed by atoms with Crippen molar-refractivity contribution in [2.75, 3.05) is 7.05 Å². The number of carbonyl (C=O) groups is 2. The van der Waals surface area contributed by atoms with E-state index in [-0.39, 0.29) is 0 Å². The first kappa shape index (κ1) is 18.3. The quantitative estimate of drug-likeness (QED) is 0.911. The molecule has 1 aromatic carbocycles. The van der Waals surface area contributed by atoms with Crippen LogP contribution in [0.2, 0.25) is 0 Å². The second-order valence-electron chi connectivity index (χ2n) is 6.30. The van der Waals surface area contributed by atoms with Gasteiger partial charge in [0.15, 0.2) is 0 Å². The molecule has 0 aliphatic heterocycles. The van der Waals surface area contributed by atoms with Crippen LogP contribution >= 0.6 is 0 Å². The molecule has 4 nitrogen and oxygen atoms in total. The van der Waals surface area contributed by atoms with E-state index in [1.54, 1.807) is 0 Å². The van der Waals surface area contributed by atoms with Crippen molar-refractivity contribution in [3.8, 4) is 0 Å². The van der Waals surface area contributed by atoms with Gasteiger partial charge in [-0.25, -0.2) is 4.79 Å². The summed E-state index contributed by atoms with van der Waals surface area (Å²) in [5.41, 5.74) is -1.57. The number of amides is 1. The minimum Gasteiger partial charge on any atom is -0.480 e. The average Bonchev–Trinajstić information content (AvgIpc) is 3.02. The molecule has 2 rings (SSSR count). The Morgan fingerprint density at radius 1 is 1.25 bits per heavy atom. The van der Waals surface area contributed by atoms with Gasteiger partial charge in [0, 0.05) is 7.05 Å². The van der Waals surface area contributed by atoms with Crippen molar-refractivity contribution in [1.29, 1.82) is 0 Å². The van der Waals surface area contributed by atoms with Crippen molar-refractivity contribution in [3.05, 3.63) is 35.4 Å². The van der Waals surface area contributed by atoms with Gasteiger partial charge in [-0.05, 0) is 31.4 Å². The summed E-state index contributed by atoms with van der Waals surface area (Å²) in [6.45, 7) is 1.38. The van der Waals surface area contributed by atoms with Gasteiger partial charge in [0.05, 0.1) is 11.0 Å². The Labute approximate surface area is 138 Å². The molecule has 0 saturated heterocycles. The summed E-state index contributed by atoms with van der Waals surface area (Å²) in [5, 5.41) is 9.11. The molecule has 24 heavy (non-hydrogen) atoms. The number of nitrogens with zero attached hydrogens (tertiary/aromatic N) is 1. The molecule has 1 aromatic rings. The van der Waals surface area contributed by atoms with E-state index >= 15 is 0 Å². The van der Waals surface area contributed by atoms with E-state index in [4.69, 9.17) is 5.11 Å². The summed E-state index contributed by atoms with van der Waals surface area (Å²) in [7, 11) is 1.38. The Kier molecular flexibility index (Phi) is 4.92. The van der Waals surface area contributed by atoms with Crippen LogP contribution in [-0.4, -0.2) is 35.0 Å². The summed E-state index contributed by atoms with van der Waals surface area (Å²) in [4.78, 5) is 25.2. The van der Waals surface area contributed by atoms with Crippen molar-refractivity contribution >= 4 is 11.9 Å². The third kappa shape index (κ3) is 3.25. The SMILES string of the molecule is CC(C(=O)O)N(C)C(=O)C1(c2cccc(C(F)(F)F)c2)CCCC1. The number of carbonyl (C=O) groups excluding carboxylic acids is 1. The smallest absolute Gasteiger partial charge is 0.416 e. The van der Waals surface area contributed by atoms with Crippen LogP contribution < -0.4 is 0 Å². The lowest BCUT2D eigenvalue weighted by molar-refractivity contribution is -0.150. The lowest BCUT2D eigenvalue weighted by Crippen LogP contribution is -2.49. The standard InChI is InChI=1S/C17H20F3NO3/c1-11(14(22)23)21(2)15(24)16(8-3-4-9-16)12-6-5-7-13(10-12)17(18,19)20/h5-7,10-11H,3-4,8-9H2,1-2H3,(H,22,23). The molecule has 0 radical (unpaired) electrons. The number of likely N-dealkylation sites (N-methyl/N-ethyl adjacent to an activating group) is 1. The summed E-state index contributed by atoms with van der Waals surface area (Å²) >= 11 is 0. The zero-order valence-corrected chi connectivity index (χ0v) is 13.6.